The lowest BCUT2D eigenvalue weighted by Gasteiger charge is -2.17. The van der Waals surface area contributed by atoms with Crippen molar-refractivity contribution in [1.29, 1.82) is 0 Å². The summed E-state index contributed by atoms with van der Waals surface area (Å²) < 4.78 is 46.4. The van der Waals surface area contributed by atoms with Crippen LogP contribution in [0.4, 0.5) is 13.2 Å². The summed E-state index contributed by atoms with van der Waals surface area (Å²) in [7, 11) is 0. The van der Waals surface area contributed by atoms with Crippen molar-refractivity contribution < 1.29 is 13.2 Å². The molecule has 7 heteroatoms. The molecule has 0 aliphatic rings. The van der Waals surface area contributed by atoms with Crippen LogP contribution < -0.4 is 5.32 Å². The lowest BCUT2D eigenvalue weighted by atomic mass is 10.0. The van der Waals surface area contributed by atoms with Crippen molar-refractivity contribution in [3.8, 4) is 0 Å². The maximum Gasteiger partial charge on any atom is 0.416 e. The second-order valence-electron chi connectivity index (χ2n) is 4.74. The predicted octanol–water partition coefficient (Wildman–Crippen LogP) is 3.84. The number of benzene rings is 1. The largest absolute Gasteiger partial charge is 0.416 e. The average molecular weight is 315 g/mol. The standard InChI is InChI=1S/C14H16F3N3S/c1-2-6-18-12(13-9-19-21-20-13)8-10-4-3-5-11(7-10)14(15,16)17/h3-5,7,9,12,18H,2,6,8H2,1H3. The Hall–Kier alpha value is -1.47. The molecular weight excluding hydrogens is 299 g/mol. The van der Waals surface area contributed by atoms with Crippen LogP contribution in [0.1, 0.15) is 36.2 Å². The van der Waals surface area contributed by atoms with Gasteiger partial charge in [-0.2, -0.15) is 21.9 Å². The highest BCUT2D eigenvalue weighted by Crippen LogP contribution is 2.30. The Morgan fingerprint density at radius 2 is 2.14 bits per heavy atom. The van der Waals surface area contributed by atoms with Crippen molar-refractivity contribution in [1.82, 2.24) is 14.1 Å². The Morgan fingerprint density at radius 1 is 1.33 bits per heavy atom. The smallest absolute Gasteiger partial charge is 0.308 e. The van der Waals surface area contributed by atoms with Gasteiger partial charge in [-0.15, -0.1) is 0 Å². The molecule has 1 unspecified atom stereocenters. The fourth-order valence-corrected chi connectivity index (χ4v) is 2.51. The Labute approximate surface area is 125 Å². The number of hydrogen-bond acceptors (Lipinski definition) is 4. The molecule has 0 radical (unpaired) electrons. The van der Waals surface area contributed by atoms with Gasteiger partial charge in [0.2, 0.25) is 0 Å². The number of nitrogens with zero attached hydrogens (tertiary/aromatic N) is 2. The van der Waals surface area contributed by atoms with Crippen molar-refractivity contribution in [2.75, 3.05) is 6.54 Å². The lowest BCUT2D eigenvalue weighted by Crippen LogP contribution is -2.24. The third-order valence-corrected chi connectivity index (χ3v) is 3.56. The quantitative estimate of drug-likeness (QED) is 0.880. The molecule has 0 aliphatic carbocycles. The fraction of sp³-hybridized carbons (Fsp3) is 0.429. The first kappa shape index (κ1) is 15.9. The molecule has 1 aromatic heterocycles. The van der Waals surface area contributed by atoms with Crippen LogP contribution in [0.25, 0.3) is 0 Å². The third-order valence-electron chi connectivity index (χ3n) is 3.07. The van der Waals surface area contributed by atoms with Crippen molar-refractivity contribution in [3.05, 3.63) is 47.3 Å². The summed E-state index contributed by atoms with van der Waals surface area (Å²) in [6.07, 6.45) is -1.26. The van der Waals surface area contributed by atoms with E-state index in [4.69, 9.17) is 0 Å². The molecule has 1 atom stereocenters. The van der Waals surface area contributed by atoms with Gasteiger partial charge in [-0.05, 0) is 31.0 Å². The zero-order valence-electron chi connectivity index (χ0n) is 11.5. The Kier molecular flexibility index (Phi) is 5.30. The molecule has 1 N–H and O–H groups in total. The molecule has 0 aliphatic heterocycles. The van der Waals surface area contributed by atoms with E-state index in [1.807, 2.05) is 6.92 Å². The minimum Gasteiger partial charge on any atom is -0.308 e. The number of rotatable bonds is 6. The SMILES string of the molecule is CCCNC(Cc1cccc(C(F)(F)F)c1)c1cnsn1. The predicted molar refractivity (Wildman–Crippen MR) is 76.1 cm³/mol. The zero-order valence-corrected chi connectivity index (χ0v) is 12.3. The van der Waals surface area contributed by atoms with Gasteiger partial charge in [0.15, 0.2) is 0 Å². The topological polar surface area (TPSA) is 37.8 Å². The summed E-state index contributed by atoms with van der Waals surface area (Å²) in [6.45, 7) is 2.81. The van der Waals surface area contributed by atoms with Crippen LogP contribution in [0.2, 0.25) is 0 Å². The number of aromatic nitrogens is 2. The van der Waals surface area contributed by atoms with E-state index in [0.717, 1.165) is 36.5 Å². The van der Waals surface area contributed by atoms with E-state index in [1.54, 1.807) is 12.3 Å². The van der Waals surface area contributed by atoms with E-state index in [-0.39, 0.29) is 6.04 Å². The molecule has 1 heterocycles. The minimum absolute atomic E-state index is 0.118. The highest BCUT2D eigenvalue weighted by molar-refractivity contribution is 6.99. The zero-order chi connectivity index (χ0) is 15.3. The Balaban J connectivity index is 2.17. The summed E-state index contributed by atoms with van der Waals surface area (Å²) in [5, 5.41) is 3.30. The minimum atomic E-state index is -4.31. The van der Waals surface area contributed by atoms with Crippen molar-refractivity contribution >= 4 is 11.7 Å². The fourth-order valence-electron chi connectivity index (χ4n) is 2.04. The summed E-state index contributed by atoms with van der Waals surface area (Å²) >= 11 is 1.10. The first-order chi connectivity index (χ1) is 10.0. The van der Waals surface area contributed by atoms with E-state index in [0.29, 0.717) is 12.0 Å². The lowest BCUT2D eigenvalue weighted by molar-refractivity contribution is -0.137. The van der Waals surface area contributed by atoms with Crippen molar-refractivity contribution in [2.45, 2.75) is 32.0 Å². The maximum atomic E-state index is 12.7. The average Bonchev–Trinajstić information content (AvgIpc) is 2.97. The maximum absolute atomic E-state index is 12.7. The molecule has 2 aromatic rings. The van der Waals surface area contributed by atoms with Crippen LogP contribution in [0.3, 0.4) is 0 Å². The molecular formula is C14H16F3N3S. The number of nitrogens with one attached hydrogen (secondary N) is 1. The highest BCUT2D eigenvalue weighted by atomic mass is 32.1. The van der Waals surface area contributed by atoms with E-state index >= 15 is 0 Å². The number of halogens is 3. The van der Waals surface area contributed by atoms with Crippen LogP contribution in [0, 0.1) is 0 Å². The molecule has 0 saturated heterocycles. The number of hydrogen-bond donors (Lipinski definition) is 1. The van der Waals surface area contributed by atoms with Crippen LogP contribution >= 0.6 is 11.7 Å². The van der Waals surface area contributed by atoms with Gasteiger partial charge in [-0.1, -0.05) is 25.1 Å². The van der Waals surface area contributed by atoms with Crippen molar-refractivity contribution in [2.24, 2.45) is 0 Å². The second-order valence-corrected chi connectivity index (χ2v) is 5.30. The Bertz CT molecular complexity index is 555. The van der Waals surface area contributed by atoms with E-state index in [9.17, 15) is 13.2 Å². The highest BCUT2D eigenvalue weighted by Gasteiger charge is 2.30. The molecule has 2 rings (SSSR count). The van der Waals surface area contributed by atoms with Gasteiger partial charge in [0, 0.05) is 0 Å². The van der Waals surface area contributed by atoms with E-state index in [2.05, 4.69) is 14.1 Å². The molecule has 0 spiro atoms. The third kappa shape index (κ3) is 4.50. The summed E-state index contributed by atoms with van der Waals surface area (Å²) in [5.41, 5.74) is 0.780. The van der Waals surface area contributed by atoms with Crippen LogP contribution in [-0.2, 0) is 12.6 Å². The molecule has 0 saturated carbocycles. The van der Waals surface area contributed by atoms with Crippen LogP contribution in [-0.4, -0.2) is 15.3 Å². The van der Waals surface area contributed by atoms with Gasteiger partial charge < -0.3 is 5.32 Å². The van der Waals surface area contributed by atoms with Gasteiger partial charge in [-0.25, -0.2) is 0 Å². The van der Waals surface area contributed by atoms with Gasteiger partial charge in [0.05, 0.1) is 35.2 Å². The summed E-state index contributed by atoms with van der Waals surface area (Å²) in [6, 6.07) is 5.31. The van der Waals surface area contributed by atoms with Gasteiger partial charge in [0.25, 0.3) is 0 Å². The van der Waals surface area contributed by atoms with E-state index < -0.39 is 11.7 Å². The number of alkyl halides is 3. The molecule has 114 valence electrons. The van der Waals surface area contributed by atoms with Crippen LogP contribution in [0.5, 0.6) is 0 Å². The molecule has 0 fully saturated rings. The summed E-state index contributed by atoms with van der Waals surface area (Å²) in [4.78, 5) is 0. The molecule has 0 bridgehead atoms. The van der Waals surface area contributed by atoms with Gasteiger partial charge in [-0.3, -0.25) is 0 Å². The first-order valence-corrected chi connectivity index (χ1v) is 7.40. The van der Waals surface area contributed by atoms with Crippen LogP contribution in [0.15, 0.2) is 30.5 Å². The molecule has 0 amide bonds. The normalized spacial score (nSPS) is 13.3. The van der Waals surface area contributed by atoms with Gasteiger partial charge in [0.1, 0.15) is 0 Å². The second kappa shape index (κ2) is 7.00. The molecule has 3 nitrogen and oxygen atoms in total. The van der Waals surface area contributed by atoms with Gasteiger partial charge >= 0.3 is 6.18 Å². The first-order valence-electron chi connectivity index (χ1n) is 6.67. The molecule has 21 heavy (non-hydrogen) atoms. The summed E-state index contributed by atoms with van der Waals surface area (Å²) in [5.74, 6) is 0. The van der Waals surface area contributed by atoms with E-state index in [1.165, 1.54) is 12.1 Å². The van der Waals surface area contributed by atoms with Crippen molar-refractivity contribution in [3.63, 3.8) is 0 Å². The Morgan fingerprint density at radius 3 is 2.76 bits per heavy atom. The molecule has 1 aromatic carbocycles. The monoisotopic (exact) mass is 315 g/mol.